The number of benzene rings is 2. The van der Waals surface area contributed by atoms with Gasteiger partial charge in [0, 0.05) is 10.5 Å². The van der Waals surface area contributed by atoms with Crippen LogP contribution in [0.5, 0.6) is 0 Å². The number of hydrogen-bond donors (Lipinski definition) is 2. The van der Waals surface area contributed by atoms with Crippen LogP contribution in [0.15, 0.2) is 47.4 Å². The van der Waals surface area contributed by atoms with Gasteiger partial charge in [0.1, 0.15) is 0 Å². The molecule has 1 amide bonds. The third-order valence-corrected chi connectivity index (χ3v) is 3.67. The van der Waals surface area contributed by atoms with Gasteiger partial charge in [-0.3, -0.25) is 4.79 Å². The molecule has 0 fully saturated rings. The summed E-state index contributed by atoms with van der Waals surface area (Å²) < 4.78 is 0. The van der Waals surface area contributed by atoms with Crippen molar-refractivity contribution >= 4 is 18.5 Å². The molecular formula is C17H19NOS. The summed E-state index contributed by atoms with van der Waals surface area (Å²) in [5.41, 5.74) is 3.95. The average molecular weight is 285 g/mol. The van der Waals surface area contributed by atoms with Gasteiger partial charge in [0.05, 0.1) is 6.04 Å². The minimum absolute atomic E-state index is 0.0222. The van der Waals surface area contributed by atoms with Crippen LogP contribution >= 0.6 is 12.6 Å². The molecule has 3 heteroatoms. The summed E-state index contributed by atoms with van der Waals surface area (Å²) in [5.74, 6) is -0.0634. The first-order valence-corrected chi connectivity index (χ1v) is 7.09. The molecule has 2 aromatic rings. The monoisotopic (exact) mass is 285 g/mol. The zero-order valence-corrected chi connectivity index (χ0v) is 12.9. The molecule has 0 radical (unpaired) electrons. The predicted octanol–water partition coefficient (Wildman–Crippen LogP) is 4.08. The van der Waals surface area contributed by atoms with Crippen LogP contribution in [0.1, 0.15) is 40.0 Å². The molecule has 1 atom stereocenters. The number of hydrogen-bond acceptors (Lipinski definition) is 2. The lowest BCUT2D eigenvalue weighted by atomic mass is 10.0. The molecule has 0 spiro atoms. The van der Waals surface area contributed by atoms with Crippen LogP contribution in [0.3, 0.4) is 0 Å². The smallest absolute Gasteiger partial charge is 0.252 e. The normalized spacial score (nSPS) is 12.0. The lowest BCUT2D eigenvalue weighted by molar-refractivity contribution is 0.0939. The number of carbonyl (C=O) groups is 1. The summed E-state index contributed by atoms with van der Waals surface area (Å²) in [4.78, 5) is 13.1. The quantitative estimate of drug-likeness (QED) is 0.817. The standard InChI is InChI=1S/C17H19NOS/c1-11-4-7-14(8-5-11)13(3)18-17(19)16-10-15(20)9-6-12(16)2/h4-10,13,20H,1-3H3,(H,18,19). The summed E-state index contributed by atoms with van der Waals surface area (Å²) in [5, 5.41) is 3.03. The second-order valence-electron chi connectivity index (χ2n) is 5.11. The highest BCUT2D eigenvalue weighted by Gasteiger charge is 2.13. The molecule has 104 valence electrons. The lowest BCUT2D eigenvalue weighted by Gasteiger charge is -2.16. The zero-order chi connectivity index (χ0) is 14.7. The highest BCUT2D eigenvalue weighted by molar-refractivity contribution is 7.80. The first-order valence-electron chi connectivity index (χ1n) is 6.64. The fourth-order valence-electron chi connectivity index (χ4n) is 2.07. The fourth-order valence-corrected chi connectivity index (χ4v) is 2.27. The van der Waals surface area contributed by atoms with Crippen LogP contribution in [0, 0.1) is 13.8 Å². The summed E-state index contributed by atoms with van der Waals surface area (Å²) in [6.45, 7) is 5.97. The van der Waals surface area contributed by atoms with Crippen molar-refractivity contribution in [3.63, 3.8) is 0 Å². The van der Waals surface area contributed by atoms with E-state index >= 15 is 0 Å². The van der Waals surface area contributed by atoms with Crippen LogP contribution in [0.2, 0.25) is 0 Å². The van der Waals surface area contributed by atoms with Crippen LogP contribution in [-0.4, -0.2) is 5.91 Å². The topological polar surface area (TPSA) is 29.1 Å². The van der Waals surface area contributed by atoms with Gasteiger partial charge in [0.15, 0.2) is 0 Å². The van der Waals surface area contributed by atoms with Crippen molar-refractivity contribution in [2.75, 3.05) is 0 Å². The van der Waals surface area contributed by atoms with E-state index in [9.17, 15) is 4.79 Å². The zero-order valence-electron chi connectivity index (χ0n) is 12.0. The minimum Gasteiger partial charge on any atom is -0.346 e. The Bertz CT molecular complexity index is 619. The van der Waals surface area contributed by atoms with Crippen molar-refractivity contribution in [2.45, 2.75) is 31.7 Å². The Hall–Kier alpha value is -1.74. The van der Waals surface area contributed by atoms with E-state index in [0.29, 0.717) is 5.56 Å². The van der Waals surface area contributed by atoms with E-state index in [0.717, 1.165) is 16.0 Å². The summed E-state index contributed by atoms with van der Waals surface area (Å²) in [6, 6.07) is 13.8. The maximum Gasteiger partial charge on any atom is 0.252 e. The van der Waals surface area contributed by atoms with Crippen LogP contribution in [0.25, 0.3) is 0 Å². The molecule has 0 bridgehead atoms. The highest BCUT2D eigenvalue weighted by Crippen LogP contribution is 2.17. The van der Waals surface area contributed by atoms with E-state index < -0.39 is 0 Å². The van der Waals surface area contributed by atoms with Crippen LogP contribution in [-0.2, 0) is 0 Å². The molecule has 0 aliphatic rings. The first-order chi connectivity index (χ1) is 9.47. The van der Waals surface area contributed by atoms with Crippen molar-refractivity contribution in [1.29, 1.82) is 0 Å². The third kappa shape index (κ3) is 3.42. The van der Waals surface area contributed by atoms with Gasteiger partial charge in [-0.25, -0.2) is 0 Å². The van der Waals surface area contributed by atoms with Crippen molar-refractivity contribution in [2.24, 2.45) is 0 Å². The van der Waals surface area contributed by atoms with Gasteiger partial charge in [-0.15, -0.1) is 12.6 Å². The Balaban J connectivity index is 2.15. The van der Waals surface area contributed by atoms with Crippen LogP contribution in [0.4, 0.5) is 0 Å². The van der Waals surface area contributed by atoms with Gasteiger partial charge >= 0.3 is 0 Å². The number of aryl methyl sites for hydroxylation is 2. The Morgan fingerprint density at radius 2 is 1.75 bits per heavy atom. The van der Waals surface area contributed by atoms with Gasteiger partial charge in [-0.2, -0.15) is 0 Å². The summed E-state index contributed by atoms with van der Waals surface area (Å²) >= 11 is 4.29. The van der Waals surface area contributed by atoms with Gasteiger partial charge in [-0.1, -0.05) is 35.9 Å². The molecule has 1 N–H and O–H groups in total. The van der Waals surface area contributed by atoms with Gasteiger partial charge in [0.25, 0.3) is 5.91 Å². The second-order valence-corrected chi connectivity index (χ2v) is 5.62. The SMILES string of the molecule is Cc1ccc(C(C)NC(=O)c2cc(S)ccc2C)cc1. The van der Waals surface area contributed by atoms with Gasteiger partial charge in [0.2, 0.25) is 0 Å². The Labute approximate surface area is 125 Å². The van der Waals surface area contributed by atoms with E-state index in [1.807, 2.05) is 38.1 Å². The third-order valence-electron chi connectivity index (χ3n) is 3.39. The molecule has 0 heterocycles. The van der Waals surface area contributed by atoms with E-state index in [4.69, 9.17) is 0 Å². The van der Waals surface area contributed by atoms with Gasteiger partial charge in [-0.05, 0) is 44.0 Å². The first kappa shape index (κ1) is 14.7. The van der Waals surface area contributed by atoms with Crippen molar-refractivity contribution in [3.05, 3.63) is 64.7 Å². The number of amides is 1. The van der Waals surface area contributed by atoms with Crippen molar-refractivity contribution in [3.8, 4) is 0 Å². The number of rotatable bonds is 3. The second kappa shape index (κ2) is 6.14. The minimum atomic E-state index is -0.0634. The molecule has 2 aromatic carbocycles. The molecule has 2 rings (SSSR count). The Morgan fingerprint density at radius 1 is 1.10 bits per heavy atom. The molecular weight excluding hydrogens is 266 g/mol. The molecule has 0 aliphatic heterocycles. The Morgan fingerprint density at radius 3 is 2.40 bits per heavy atom. The number of carbonyl (C=O) groups excluding carboxylic acids is 1. The van der Waals surface area contributed by atoms with E-state index in [2.05, 4.69) is 37.0 Å². The van der Waals surface area contributed by atoms with E-state index in [1.165, 1.54) is 5.56 Å². The van der Waals surface area contributed by atoms with E-state index in [-0.39, 0.29) is 11.9 Å². The number of nitrogens with one attached hydrogen (secondary N) is 1. The molecule has 0 saturated heterocycles. The van der Waals surface area contributed by atoms with Gasteiger partial charge < -0.3 is 5.32 Å². The molecule has 0 aliphatic carbocycles. The summed E-state index contributed by atoms with van der Waals surface area (Å²) in [6.07, 6.45) is 0. The molecule has 0 saturated carbocycles. The fraction of sp³-hybridized carbons (Fsp3) is 0.235. The molecule has 1 unspecified atom stereocenters. The van der Waals surface area contributed by atoms with Crippen molar-refractivity contribution < 1.29 is 4.79 Å². The Kier molecular flexibility index (Phi) is 4.50. The van der Waals surface area contributed by atoms with Crippen molar-refractivity contribution in [1.82, 2.24) is 5.32 Å². The molecule has 0 aromatic heterocycles. The summed E-state index contributed by atoms with van der Waals surface area (Å²) in [7, 11) is 0. The maximum atomic E-state index is 12.3. The maximum absolute atomic E-state index is 12.3. The average Bonchev–Trinajstić information content (AvgIpc) is 2.42. The molecule has 20 heavy (non-hydrogen) atoms. The number of thiol groups is 1. The van der Waals surface area contributed by atoms with Crippen LogP contribution < -0.4 is 5.32 Å². The largest absolute Gasteiger partial charge is 0.346 e. The molecule has 2 nitrogen and oxygen atoms in total. The predicted molar refractivity (Wildman–Crippen MR) is 85.5 cm³/mol. The van der Waals surface area contributed by atoms with E-state index in [1.54, 1.807) is 6.07 Å². The highest BCUT2D eigenvalue weighted by atomic mass is 32.1. The lowest BCUT2D eigenvalue weighted by Crippen LogP contribution is -2.27.